The first-order valence-corrected chi connectivity index (χ1v) is 6.13. The quantitative estimate of drug-likeness (QED) is 0.417. The molecular formula is C12H19N3O4. The number of nitrogens with one attached hydrogen (secondary N) is 2. The lowest BCUT2D eigenvalue weighted by atomic mass is 10.2. The van der Waals surface area contributed by atoms with Gasteiger partial charge in [0.25, 0.3) is 5.69 Å². The van der Waals surface area contributed by atoms with Crippen molar-refractivity contribution in [1.29, 1.82) is 0 Å². The van der Waals surface area contributed by atoms with Gasteiger partial charge in [-0.2, -0.15) is 0 Å². The van der Waals surface area contributed by atoms with Gasteiger partial charge in [0, 0.05) is 36.6 Å². The van der Waals surface area contributed by atoms with Crippen LogP contribution in [0.5, 0.6) is 0 Å². The van der Waals surface area contributed by atoms with Gasteiger partial charge in [0.15, 0.2) is 0 Å². The van der Waals surface area contributed by atoms with Crippen molar-refractivity contribution in [3.63, 3.8) is 0 Å². The van der Waals surface area contributed by atoms with Crippen molar-refractivity contribution in [2.45, 2.75) is 19.4 Å². The van der Waals surface area contributed by atoms with Crippen molar-refractivity contribution in [2.75, 3.05) is 30.3 Å². The van der Waals surface area contributed by atoms with Gasteiger partial charge in [-0.3, -0.25) is 10.1 Å². The van der Waals surface area contributed by atoms with Crippen LogP contribution in [-0.2, 0) is 0 Å². The number of rotatable bonds is 8. The summed E-state index contributed by atoms with van der Waals surface area (Å²) in [5.41, 5.74) is 1.15. The van der Waals surface area contributed by atoms with Crippen molar-refractivity contribution in [2.24, 2.45) is 0 Å². The molecule has 1 atom stereocenters. The summed E-state index contributed by atoms with van der Waals surface area (Å²) >= 11 is 0. The average molecular weight is 269 g/mol. The number of aliphatic hydroxyl groups excluding tert-OH is 2. The first-order chi connectivity index (χ1) is 9.06. The SMILES string of the molecule is CCCNc1cc(NCC(O)CO)cc([N+](=O)[O-])c1. The number of aliphatic hydroxyl groups is 2. The van der Waals surface area contributed by atoms with Crippen LogP contribution >= 0.6 is 0 Å². The molecule has 0 aliphatic rings. The van der Waals surface area contributed by atoms with E-state index in [-0.39, 0.29) is 18.8 Å². The van der Waals surface area contributed by atoms with Gasteiger partial charge < -0.3 is 20.8 Å². The van der Waals surface area contributed by atoms with E-state index >= 15 is 0 Å². The van der Waals surface area contributed by atoms with Crippen LogP contribution in [0, 0.1) is 10.1 Å². The molecule has 7 nitrogen and oxygen atoms in total. The highest BCUT2D eigenvalue weighted by atomic mass is 16.6. The maximum atomic E-state index is 10.8. The fourth-order valence-corrected chi connectivity index (χ4v) is 1.49. The summed E-state index contributed by atoms with van der Waals surface area (Å²) in [6.45, 7) is 2.49. The van der Waals surface area contributed by atoms with Crippen LogP contribution in [0.3, 0.4) is 0 Å². The van der Waals surface area contributed by atoms with E-state index in [2.05, 4.69) is 10.6 Å². The lowest BCUT2D eigenvalue weighted by Gasteiger charge is -2.12. The Morgan fingerprint density at radius 1 is 1.32 bits per heavy atom. The molecule has 0 heterocycles. The van der Waals surface area contributed by atoms with Gasteiger partial charge in [-0.1, -0.05) is 6.92 Å². The fraction of sp³-hybridized carbons (Fsp3) is 0.500. The molecule has 0 aromatic heterocycles. The standard InChI is InChI=1S/C12H19N3O4/c1-2-3-13-9-4-10(14-7-12(17)8-16)6-11(5-9)15(18)19/h4-6,12-14,16-17H,2-3,7-8H2,1H3. The Balaban J connectivity index is 2.83. The molecule has 1 rings (SSSR count). The normalized spacial score (nSPS) is 11.9. The largest absolute Gasteiger partial charge is 0.394 e. The van der Waals surface area contributed by atoms with Gasteiger partial charge in [0.1, 0.15) is 0 Å². The van der Waals surface area contributed by atoms with Gasteiger partial charge in [-0.15, -0.1) is 0 Å². The fourth-order valence-electron chi connectivity index (χ4n) is 1.49. The van der Waals surface area contributed by atoms with E-state index in [1.807, 2.05) is 6.92 Å². The average Bonchev–Trinajstić information content (AvgIpc) is 2.42. The van der Waals surface area contributed by atoms with E-state index in [4.69, 9.17) is 5.11 Å². The molecular weight excluding hydrogens is 250 g/mol. The molecule has 4 N–H and O–H groups in total. The maximum Gasteiger partial charge on any atom is 0.273 e. The summed E-state index contributed by atoms with van der Waals surface area (Å²) in [5, 5.41) is 34.7. The van der Waals surface area contributed by atoms with Crippen LogP contribution in [0.4, 0.5) is 17.1 Å². The van der Waals surface area contributed by atoms with Crippen molar-refractivity contribution in [3.8, 4) is 0 Å². The Bertz CT molecular complexity index is 425. The van der Waals surface area contributed by atoms with Gasteiger partial charge in [-0.05, 0) is 12.5 Å². The van der Waals surface area contributed by atoms with Gasteiger partial charge in [0.05, 0.1) is 17.6 Å². The third-order valence-corrected chi connectivity index (χ3v) is 2.46. The second-order valence-electron chi connectivity index (χ2n) is 4.17. The molecule has 1 aromatic rings. The van der Waals surface area contributed by atoms with Gasteiger partial charge in [-0.25, -0.2) is 0 Å². The highest BCUT2D eigenvalue weighted by molar-refractivity contribution is 5.63. The number of nitro benzene ring substituents is 1. The van der Waals surface area contributed by atoms with Gasteiger partial charge >= 0.3 is 0 Å². The Labute approximate surface area is 111 Å². The third-order valence-electron chi connectivity index (χ3n) is 2.46. The third kappa shape index (κ3) is 5.11. The van der Waals surface area contributed by atoms with Crippen LogP contribution in [0.15, 0.2) is 18.2 Å². The minimum atomic E-state index is -0.897. The molecule has 19 heavy (non-hydrogen) atoms. The molecule has 0 spiro atoms. The summed E-state index contributed by atoms with van der Waals surface area (Å²) in [6, 6.07) is 4.58. The predicted octanol–water partition coefficient (Wildman–Crippen LogP) is 1.18. The first kappa shape index (κ1) is 15.2. The zero-order chi connectivity index (χ0) is 14.3. The van der Waals surface area contributed by atoms with Crippen LogP contribution in [-0.4, -0.2) is 40.9 Å². The number of hydrogen-bond donors (Lipinski definition) is 4. The van der Waals surface area contributed by atoms with Crippen LogP contribution < -0.4 is 10.6 Å². The first-order valence-electron chi connectivity index (χ1n) is 6.13. The summed E-state index contributed by atoms with van der Waals surface area (Å²) in [5.74, 6) is 0. The minimum Gasteiger partial charge on any atom is -0.394 e. The van der Waals surface area contributed by atoms with Crippen molar-refractivity contribution in [3.05, 3.63) is 28.3 Å². The lowest BCUT2D eigenvalue weighted by molar-refractivity contribution is -0.384. The number of anilines is 2. The topological polar surface area (TPSA) is 108 Å². The molecule has 0 aliphatic heterocycles. The minimum absolute atomic E-state index is 0.0258. The van der Waals surface area contributed by atoms with Gasteiger partial charge in [0.2, 0.25) is 0 Å². The van der Waals surface area contributed by atoms with E-state index in [1.54, 1.807) is 6.07 Å². The zero-order valence-corrected chi connectivity index (χ0v) is 10.8. The second-order valence-corrected chi connectivity index (χ2v) is 4.17. The number of hydrogen-bond acceptors (Lipinski definition) is 6. The van der Waals surface area contributed by atoms with Crippen molar-refractivity contribution < 1.29 is 15.1 Å². The zero-order valence-electron chi connectivity index (χ0n) is 10.8. The highest BCUT2D eigenvalue weighted by Gasteiger charge is 2.10. The summed E-state index contributed by atoms with van der Waals surface area (Å²) < 4.78 is 0. The van der Waals surface area contributed by atoms with E-state index < -0.39 is 11.0 Å². The Kier molecular flexibility index (Phi) is 6.04. The maximum absolute atomic E-state index is 10.8. The molecule has 1 aromatic carbocycles. The van der Waals surface area contributed by atoms with E-state index in [0.29, 0.717) is 11.4 Å². The molecule has 0 aliphatic carbocycles. The molecule has 0 amide bonds. The smallest absolute Gasteiger partial charge is 0.273 e. The van der Waals surface area contributed by atoms with Crippen LogP contribution in [0.25, 0.3) is 0 Å². The number of benzene rings is 1. The molecule has 106 valence electrons. The number of nitro groups is 1. The van der Waals surface area contributed by atoms with Crippen molar-refractivity contribution >= 4 is 17.1 Å². The summed E-state index contributed by atoms with van der Waals surface area (Å²) in [4.78, 5) is 10.4. The number of nitrogens with zero attached hydrogens (tertiary/aromatic N) is 1. The summed E-state index contributed by atoms with van der Waals surface area (Å²) in [7, 11) is 0. The van der Waals surface area contributed by atoms with Crippen LogP contribution in [0.2, 0.25) is 0 Å². The highest BCUT2D eigenvalue weighted by Crippen LogP contribution is 2.24. The molecule has 0 saturated heterocycles. The molecule has 0 saturated carbocycles. The molecule has 7 heteroatoms. The monoisotopic (exact) mass is 269 g/mol. The summed E-state index contributed by atoms with van der Waals surface area (Å²) in [6.07, 6.45) is 0.0145. The Hall–Kier alpha value is -1.86. The molecule has 0 radical (unpaired) electrons. The van der Waals surface area contributed by atoms with E-state index in [0.717, 1.165) is 13.0 Å². The molecule has 1 unspecified atom stereocenters. The Morgan fingerprint density at radius 3 is 2.47 bits per heavy atom. The molecule has 0 fully saturated rings. The van der Waals surface area contributed by atoms with E-state index in [1.165, 1.54) is 12.1 Å². The van der Waals surface area contributed by atoms with Crippen molar-refractivity contribution in [1.82, 2.24) is 0 Å². The van der Waals surface area contributed by atoms with E-state index in [9.17, 15) is 15.2 Å². The molecule has 0 bridgehead atoms. The predicted molar refractivity (Wildman–Crippen MR) is 73.5 cm³/mol. The number of non-ortho nitro benzene ring substituents is 1. The lowest BCUT2D eigenvalue weighted by Crippen LogP contribution is -2.23. The second kappa shape index (κ2) is 7.55. The Morgan fingerprint density at radius 2 is 1.95 bits per heavy atom. The van der Waals surface area contributed by atoms with Crippen LogP contribution in [0.1, 0.15) is 13.3 Å².